The zero-order chi connectivity index (χ0) is 9.14. The van der Waals surface area contributed by atoms with Gasteiger partial charge < -0.3 is 15.3 Å². The Balaban J connectivity index is 2.35. The summed E-state index contributed by atoms with van der Waals surface area (Å²) in [4.78, 5) is 4.04. The van der Waals surface area contributed by atoms with Crippen LogP contribution in [-0.2, 0) is 0 Å². The number of β-amino-alcohol motifs (C(OH)–C–C–N with tert-alkyl or cyclic N) is 1. The average Bonchev–Trinajstić information content (AvgIpc) is 1.96. The largest absolute Gasteiger partial charge is 0.392 e. The minimum absolute atomic E-state index is 0.285. The summed E-state index contributed by atoms with van der Waals surface area (Å²) in [6.07, 6.45) is -0.285. The summed E-state index contributed by atoms with van der Waals surface area (Å²) in [5, 5.41) is 13.0. The first-order chi connectivity index (χ1) is 5.59. The molecule has 12 heavy (non-hydrogen) atoms. The molecule has 0 spiro atoms. The standard InChI is InChI=1S/C7H15N3OS/c1-6(11)3-10-4-8-7(12)9(2)5-10/h6,11H,3-5H2,1-2H3,(H,8,12). The van der Waals surface area contributed by atoms with Crippen LogP contribution in [0.25, 0.3) is 0 Å². The van der Waals surface area contributed by atoms with E-state index in [2.05, 4.69) is 10.2 Å². The third-order valence-corrected chi connectivity index (χ3v) is 2.19. The molecule has 70 valence electrons. The maximum atomic E-state index is 9.14. The fourth-order valence-electron chi connectivity index (χ4n) is 1.22. The molecular formula is C7H15N3OS. The van der Waals surface area contributed by atoms with Crippen LogP contribution in [0.3, 0.4) is 0 Å². The third kappa shape index (κ3) is 2.58. The number of hydrogen-bond acceptors (Lipinski definition) is 3. The van der Waals surface area contributed by atoms with E-state index in [1.165, 1.54) is 0 Å². The summed E-state index contributed by atoms with van der Waals surface area (Å²) in [6, 6.07) is 0. The maximum absolute atomic E-state index is 9.14. The van der Waals surface area contributed by atoms with Gasteiger partial charge in [0.2, 0.25) is 0 Å². The Morgan fingerprint density at radius 1 is 1.75 bits per heavy atom. The molecule has 1 unspecified atom stereocenters. The first-order valence-corrected chi connectivity index (χ1v) is 4.40. The molecule has 1 heterocycles. The molecular weight excluding hydrogens is 174 g/mol. The fourth-order valence-corrected chi connectivity index (χ4v) is 1.35. The average molecular weight is 189 g/mol. The predicted octanol–water partition coefficient (Wildman–Crippen LogP) is -0.596. The summed E-state index contributed by atoms with van der Waals surface area (Å²) in [5.41, 5.74) is 0. The minimum atomic E-state index is -0.285. The van der Waals surface area contributed by atoms with Crippen molar-refractivity contribution in [2.24, 2.45) is 0 Å². The van der Waals surface area contributed by atoms with Crippen molar-refractivity contribution < 1.29 is 5.11 Å². The van der Waals surface area contributed by atoms with Crippen LogP contribution in [0.15, 0.2) is 0 Å². The Hall–Kier alpha value is -0.390. The molecule has 0 aromatic rings. The molecule has 1 aliphatic rings. The molecule has 1 fully saturated rings. The van der Waals surface area contributed by atoms with Crippen molar-refractivity contribution in [3.63, 3.8) is 0 Å². The first-order valence-electron chi connectivity index (χ1n) is 3.99. The van der Waals surface area contributed by atoms with Crippen LogP contribution in [0.5, 0.6) is 0 Å². The molecule has 1 aliphatic heterocycles. The summed E-state index contributed by atoms with van der Waals surface area (Å²) in [6.45, 7) is 3.98. The van der Waals surface area contributed by atoms with Gasteiger partial charge in [-0.3, -0.25) is 4.90 Å². The van der Waals surface area contributed by atoms with Crippen LogP contribution >= 0.6 is 12.2 Å². The van der Waals surface area contributed by atoms with Crippen molar-refractivity contribution >= 4 is 17.3 Å². The number of aliphatic hydroxyl groups is 1. The molecule has 0 radical (unpaired) electrons. The topological polar surface area (TPSA) is 38.7 Å². The van der Waals surface area contributed by atoms with Gasteiger partial charge in [0.15, 0.2) is 5.11 Å². The summed E-state index contributed by atoms with van der Waals surface area (Å²) >= 11 is 5.02. The highest BCUT2D eigenvalue weighted by Crippen LogP contribution is 1.99. The van der Waals surface area contributed by atoms with Gasteiger partial charge in [0.1, 0.15) is 0 Å². The Morgan fingerprint density at radius 2 is 2.42 bits per heavy atom. The Kier molecular flexibility index (Phi) is 3.25. The van der Waals surface area contributed by atoms with E-state index in [0.717, 1.165) is 18.4 Å². The summed E-state index contributed by atoms with van der Waals surface area (Å²) in [5.74, 6) is 0. The van der Waals surface area contributed by atoms with Crippen LogP contribution < -0.4 is 5.32 Å². The van der Waals surface area contributed by atoms with E-state index < -0.39 is 0 Å². The highest BCUT2D eigenvalue weighted by Gasteiger charge is 2.17. The molecule has 0 aromatic carbocycles. The van der Waals surface area contributed by atoms with E-state index in [-0.39, 0.29) is 6.10 Å². The quantitative estimate of drug-likeness (QED) is 0.568. The van der Waals surface area contributed by atoms with E-state index in [1.807, 2.05) is 11.9 Å². The van der Waals surface area contributed by atoms with Crippen molar-refractivity contribution in [2.45, 2.75) is 13.0 Å². The van der Waals surface area contributed by atoms with Crippen molar-refractivity contribution in [3.05, 3.63) is 0 Å². The van der Waals surface area contributed by atoms with Crippen LogP contribution in [-0.4, -0.2) is 53.1 Å². The Bertz CT molecular complexity index is 174. The molecule has 1 saturated heterocycles. The predicted molar refractivity (Wildman–Crippen MR) is 51.6 cm³/mol. The maximum Gasteiger partial charge on any atom is 0.170 e. The first kappa shape index (κ1) is 9.70. The molecule has 0 amide bonds. The number of nitrogens with one attached hydrogen (secondary N) is 1. The van der Waals surface area contributed by atoms with E-state index in [4.69, 9.17) is 17.3 Å². The summed E-state index contributed by atoms with van der Waals surface area (Å²) < 4.78 is 0. The fraction of sp³-hybridized carbons (Fsp3) is 0.857. The van der Waals surface area contributed by atoms with Gasteiger partial charge in [-0.15, -0.1) is 0 Å². The minimum Gasteiger partial charge on any atom is -0.392 e. The number of hydrogen-bond donors (Lipinski definition) is 2. The molecule has 1 rings (SSSR count). The van der Waals surface area contributed by atoms with Gasteiger partial charge in [0.25, 0.3) is 0 Å². The normalized spacial score (nSPS) is 22.2. The lowest BCUT2D eigenvalue weighted by Crippen LogP contribution is -2.55. The van der Waals surface area contributed by atoms with E-state index in [0.29, 0.717) is 6.54 Å². The van der Waals surface area contributed by atoms with Crippen LogP contribution in [0, 0.1) is 0 Å². The zero-order valence-corrected chi connectivity index (χ0v) is 8.27. The number of rotatable bonds is 2. The molecule has 0 bridgehead atoms. The van der Waals surface area contributed by atoms with E-state index >= 15 is 0 Å². The second-order valence-electron chi connectivity index (χ2n) is 3.18. The van der Waals surface area contributed by atoms with Gasteiger partial charge in [-0.2, -0.15) is 0 Å². The SMILES string of the molecule is CC(O)CN1CNC(=S)N(C)C1. The van der Waals surface area contributed by atoms with Crippen molar-refractivity contribution in [2.75, 3.05) is 26.9 Å². The Labute approximate surface area is 78.1 Å². The summed E-state index contributed by atoms with van der Waals surface area (Å²) in [7, 11) is 1.93. The van der Waals surface area contributed by atoms with Crippen molar-refractivity contribution in [1.82, 2.24) is 15.1 Å². The van der Waals surface area contributed by atoms with Crippen molar-refractivity contribution in [1.29, 1.82) is 0 Å². The van der Waals surface area contributed by atoms with E-state index in [9.17, 15) is 0 Å². The highest BCUT2D eigenvalue weighted by atomic mass is 32.1. The lowest BCUT2D eigenvalue weighted by Gasteiger charge is -2.36. The number of thiocarbonyl (C=S) groups is 1. The second-order valence-corrected chi connectivity index (χ2v) is 3.57. The molecule has 2 N–H and O–H groups in total. The van der Waals surface area contributed by atoms with Gasteiger partial charge >= 0.3 is 0 Å². The molecule has 0 aliphatic carbocycles. The lowest BCUT2D eigenvalue weighted by atomic mass is 10.4. The monoisotopic (exact) mass is 189 g/mol. The number of nitrogens with zero attached hydrogens (tertiary/aromatic N) is 2. The Morgan fingerprint density at radius 3 is 2.92 bits per heavy atom. The zero-order valence-electron chi connectivity index (χ0n) is 7.45. The van der Waals surface area contributed by atoms with Crippen LogP contribution in [0.4, 0.5) is 0 Å². The van der Waals surface area contributed by atoms with Gasteiger partial charge in [-0.1, -0.05) is 0 Å². The molecule has 0 aromatic heterocycles. The molecule has 1 atom stereocenters. The molecule has 4 nitrogen and oxygen atoms in total. The number of aliphatic hydroxyl groups excluding tert-OH is 1. The highest BCUT2D eigenvalue weighted by molar-refractivity contribution is 7.80. The smallest absolute Gasteiger partial charge is 0.170 e. The van der Waals surface area contributed by atoms with Gasteiger partial charge in [-0.25, -0.2) is 0 Å². The van der Waals surface area contributed by atoms with Crippen LogP contribution in [0.2, 0.25) is 0 Å². The van der Waals surface area contributed by atoms with Crippen LogP contribution in [0.1, 0.15) is 6.92 Å². The lowest BCUT2D eigenvalue weighted by molar-refractivity contribution is 0.0912. The van der Waals surface area contributed by atoms with Crippen molar-refractivity contribution in [3.8, 4) is 0 Å². The van der Waals surface area contributed by atoms with Gasteiger partial charge in [-0.05, 0) is 19.1 Å². The van der Waals surface area contributed by atoms with Gasteiger partial charge in [0.05, 0.1) is 19.4 Å². The third-order valence-electron chi connectivity index (χ3n) is 1.74. The van der Waals surface area contributed by atoms with Gasteiger partial charge in [0, 0.05) is 13.6 Å². The molecule has 0 saturated carbocycles. The molecule has 5 heteroatoms. The van der Waals surface area contributed by atoms with E-state index in [1.54, 1.807) is 6.92 Å². The second kappa shape index (κ2) is 4.02.